The van der Waals surface area contributed by atoms with Gasteiger partial charge in [-0.25, -0.2) is 0 Å². The normalized spacial score (nSPS) is 9.30. The Hall–Kier alpha value is -0.0400. The summed E-state index contributed by atoms with van der Waals surface area (Å²) in [5.41, 5.74) is 1.26. The summed E-state index contributed by atoms with van der Waals surface area (Å²) in [4.78, 5) is 0. The summed E-state index contributed by atoms with van der Waals surface area (Å²) in [5, 5.41) is 0. The van der Waals surface area contributed by atoms with Crippen molar-refractivity contribution in [1.82, 2.24) is 0 Å². The SMILES string of the molecule is CC=Cc1ccccc1.[H-].[Na+]. The summed E-state index contributed by atoms with van der Waals surface area (Å²) in [6.45, 7) is 2.02. The number of benzene rings is 1. The molecule has 0 fully saturated rings. The second kappa shape index (κ2) is 5.72. The van der Waals surface area contributed by atoms with E-state index in [1.54, 1.807) is 0 Å². The van der Waals surface area contributed by atoms with E-state index in [2.05, 4.69) is 18.2 Å². The minimum Gasteiger partial charge on any atom is -1.00 e. The van der Waals surface area contributed by atoms with Crippen LogP contribution in [0.25, 0.3) is 6.08 Å². The molecule has 0 saturated carbocycles. The van der Waals surface area contributed by atoms with Gasteiger partial charge < -0.3 is 1.43 Å². The van der Waals surface area contributed by atoms with Crippen LogP contribution in [0.3, 0.4) is 0 Å². The van der Waals surface area contributed by atoms with Crippen LogP contribution in [0, 0.1) is 0 Å². The number of rotatable bonds is 1. The van der Waals surface area contributed by atoms with Crippen molar-refractivity contribution in [3.63, 3.8) is 0 Å². The van der Waals surface area contributed by atoms with Gasteiger partial charge in [-0.2, -0.15) is 0 Å². The molecule has 0 saturated heterocycles. The Kier molecular flexibility index (Phi) is 5.70. The van der Waals surface area contributed by atoms with Gasteiger partial charge >= 0.3 is 29.6 Å². The van der Waals surface area contributed by atoms with Crippen LogP contribution in [0.4, 0.5) is 0 Å². The van der Waals surface area contributed by atoms with Gasteiger partial charge in [0.25, 0.3) is 0 Å². The fraction of sp³-hybridized carbons (Fsp3) is 0.111. The van der Waals surface area contributed by atoms with E-state index in [-0.39, 0.29) is 31.0 Å². The Bertz CT molecular complexity index is 194. The first-order valence-electron chi connectivity index (χ1n) is 3.11. The molecule has 0 heterocycles. The van der Waals surface area contributed by atoms with Crippen molar-refractivity contribution in [3.05, 3.63) is 42.0 Å². The maximum absolute atomic E-state index is 2.08. The first-order valence-corrected chi connectivity index (χ1v) is 3.11. The molecule has 0 aromatic heterocycles. The van der Waals surface area contributed by atoms with Gasteiger partial charge in [-0.05, 0) is 12.5 Å². The molecule has 0 aliphatic carbocycles. The fourth-order valence-electron chi connectivity index (χ4n) is 0.757. The minimum absolute atomic E-state index is 0. The summed E-state index contributed by atoms with van der Waals surface area (Å²) >= 11 is 0. The first kappa shape index (κ1) is 9.96. The Labute approximate surface area is 85.7 Å². The van der Waals surface area contributed by atoms with Crippen LogP contribution in [0.2, 0.25) is 0 Å². The van der Waals surface area contributed by atoms with Crippen LogP contribution in [0.15, 0.2) is 36.4 Å². The maximum Gasteiger partial charge on any atom is 1.00 e. The monoisotopic (exact) mass is 142 g/mol. The van der Waals surface area contributed by atoms with Gasteiger partial charge in [-0.15, -0.1) is 0 Å². The topological polar surface area (TPSA) is 0 Å². The third-order valence-corrected chi connectivity index (χ3v) is 1.16. The molecule has 10 heavy (non-hydrogen) atoms. The summed E-state index contributed by atoms with van der Waals surface area (Å²) in [6, 6.07) is 10.3. The smallest absolute Gasteiger partial charge is 1.00 e. The van der Waals surface area contributed by atoms with Gasteiger partial charge in [-0.3, -0.25) is 0 Å². The molecule has 1 heteroatoms. The van der Waals surface area contributed by atoms with Gasteiger partial charge in [0.05, 0.1) is 0 Å². The van der Waals surface area contributed by atoms with E-state index in [1.807, 2.05) is 31.2 Å². The average Bonchev–Trinajstić information content (AvgIpc) is 1.91. The van der Waals surface area contributed by atoms with Crippen molar-refractivity contribution in [2.45, 2.75) is 6.92 Å². The average molecular weight is 142 g/mol. The minimum atomic E-state index is 0. The molecule has 0 unspecified atom stereocenters. The molecular weight excluding hydrogens is 131 g/mol. The molecule has 0 nitrogen and oxygen atoms in total. The Morgan fingerprint density at radius 1 is 1.20 bits per heavy atom. The second-order valence-electron chi connectivity index (χ2n) is 1.91. The predicted octanol–water partition coefficient (Wildman–Crippen LogP) is -0.164. The molecule has 1 rings (SSSR count). The van der Waals surface area contributed by atoms with Crippen LogP contribution in [-0.2, 0) is 0 Å². The molecule has 0 aliphatic heterocycles. The Morgan fingerprint density at radius 2 is 1.80 bits per heavy atom. The van der Waals surface area contributed by atoms with Crippen molar-refractivity contribution >= 4 is 6.08 Å². The summed E-state index contributed by atoms with van der Waals surface area (Å²) < 4.78 is 0. The van der Waals surface area contributed by atoms with E-state index >= 15 is 0 Å². The van der Waals surface area contributed by atoms with Crippen molar-refractivity contribution in [1.29, 1.82) is 0 Å². The van der Waals surface area contributed by atoms with Crippen LogP contribution >= 0.6 is 0 Å². The molecule has 0 aliphatic rings. The molecular formula is C9H11Na. The van der Waals surface area contributed by atoms with E-state index < -0.39 is 0 Å². The Balaban J connectivity index is 0. The summed E-state index contributed by atoms with van der Waals surface area (Å²) in [7, 11) is 0. The zero-order valence-electron chi connectivity index (χ0n) is 7.54. The van der Waals surface area contributed by atoms with E-state index in [9.17, 15) is 0 Å². The molecule has 1 aromatic carbocycles. The maximum atomic E-state index is 2.08. The third-order valence-electron chi connectivity index (χ3n) is 1.16. The number of hydrogen-bond acceptors (Lipinski definition) is 0. The van der Waals surface area contributed by atoms with Crippen molar-refractivity contribution in [3.8, 4) is 0 Å². The number of allylic oxidation sites excluding steroid dienone is 1. The van der Waals surface area contributed by atoms with E-state index in [4.69, 9.17) is 0 Å². The van der Waals surface area contributed by atoms with Crippen LogP contribution in [-0.4, -0.2) is 0 Å². The molecule has 0 N–H and O–H groups in total. The van der Waals surface area contributed by atoms with Crippen molar-refractivity contribution < 1.29 is 31.0 Å². The van der Waals surface area contributed by atoms with Crippen LogP contribution in [0.1, 0.15) is 13.9 Å². The van der Waals surface area contributed by atoms with Crippen molar-refractivity contribution in [2.24, 2.45) is 0 Å². The molecule has 1 aromatic rings. The summed E-state index contributed by atoms with van der Waals surface area (Å²) in [6.07, 6.45) is 4.12. The van der Waals surface area contributed by atoms with E-state index in [0.717, 1.165) is 0 Å². The fourth-order valence-corrected chi connectivity index (χ4v) is 0.757. The third kappa shape index (κ3) is 3.21. The van der Waals surface area contributed by atoms with Gasteiger partial charge in [-0.1, -0.05) is 42.5 Å². The molecule has 0 bridgehead atoms. The second-order valence-corrected chi connectivity index (χ2v) is 1.91. The number of hydrogen-bond donors (Lipinski definition) is 0. The van der Waals surface area contributed by atoms with Gasteiger partial charge in [0, 0.05) is 0 Å². The zero-order valence-corrected chi connectivity index (χ0v) is 8.54. The molecule has 0 radical (unpaired) electrons. The van der Waals surface area contributed by atoms with E-state index in [0.29, 0.717) is 0 Å². The largest absolute Gasteiger partial charge is 1.00 e. The van der Waals surface area contributed by atoms with Crippen molar-refractivity contribution in [2.75, 3.05) is 0 Å². The standard InChI is InChI=1S/C9H10.Na.H/c1-2-6-9-7-4-3-5-8-9;;/h2-8H,1H3;;/q;+1;-1. The molecule has 0 spiro atoms. The quantitative estimate of drug-likeness (QED) is 0.478. The summed E-state index contributed by atoms with van der Waals surface area (Å²) in [5.74, 6) is 0. The van der Waals surface area contributed by atoms with Gasteiger partial charge in [0.1, 0.15) is 0 Å². The van der Waals surface area contributed by atoms with Crippen LogP contribution < -0.4 is 29.6 Å². The van der Waals surface area contributed by atoms with Crippen LogP contribution in [0.5, 0.6) is 0 Å². The Morgan fingerprint density at radius 3 is 2.30 bits per heavy atom. The van der Waals surface area contributed by atoms with Gasteiger partial charge in [0.2, 0.25) is 0 Å². The molecule has 0 atom stereocenters. The van der Waals surface area contributed by atoms with Gasteiger partial charge in [0.15, 0.2) is 0 Å². The van der Waals surface area contributed by atoms with E-state index in [1.165, 1.54) is 5.56 Å². The molecule has 0 amide bonds. The zero-order chi connectivity index (χ0) is 6.53. The predicted molar refractivity (Wildman–Crippen MR) is 42.3 cm³/mol. The first-order chi connectivity index (χ1) is 4.43. The molecule has 48 valence electrons.